The van der Waals surface area contributed by atoms with Crippen LogP contribution in [0, 0.1) is 0 Å². The van der Waals surface area contributed by atoms with E-state index in [0.29, 0.717) is 27.1 Å². The van der Waals surface area contributed by atoms with Crippen LogP contribution in [-0.4, -0.2) is 21.5 Å². The SMILES string of the molecule is O=C(OCc1c(-c2ccc(Br)cc2)nc2ccc(Br)cn12)C(F)(F)F. The quantitative estimate of drug-likeness (QED) is 0.491. The molecular formula is C16H9Br2F3N2O2. The second-order valence-electron chi connectivity index (χ2n) is 5.06. The van der Waals surface area contributed by atoms with E-state index in [1.807, 2.05) is 0 Å². The number of nitrogens with zero attached hydrogens (tertiary/aromatic N) is 2. The van der Waals surface area contributed by atoms with Gasteiger partial charge in [-0.15, -0.1) is 0 Å². The van der Waals surface area contributed by atoms with Crippen LogP contribution in [0.2, 0.25) is 0 Å². The van der Waals surface area contributed by atoms with Crippen molar-refractivity contribution in [2.24, 2.45) is 0 Å². The van der Waals surface area contributed by atoms with E-state index < -0.39 is 18.8 Å². The van der Waals surface area contributed by atoms with Crippen molar-refractivity contribution in [2.75, 3.05) is 0 Å². The molecule has 0 spiro atoms. The van der Waals surface area contributed by atoms with Crippen molar-refractivity contribution in [3.8, 4) is 11.3 Å². The van der Waals surface area contributed by atoms with Gasteiger partial charge in [0, 0.05) is 20.7 Å². The van der Waals surface area contributed by atoms with Crippen LogP contribution in [0.1, 0.15) is 5.69 Å². The molecule has 130 valence electrons. The van der Waals surface area contributed by atoms with Gasteiger partial charge < -0.3 is 4.74 Å². The smallest absolute Gasteiger partial charge is 0.453 e. The highest BCUT2D eigenvalue weighted by Crippen LogP contribution is 2.28. The molecule has 9 heteroatoms. The molecule has 4 nitrogen and oxygen atoms in total. The van der Waals surface area contributed by atoms with Crippen molar-refractivity contribution in [3.63, 3.8) is 0 Å². The second kappa shape index (κ2) is 6.80. The Morgan fingerprint density at radius 2 is 1.72 bits per heavy atom. The molecule has 2 aromatic heterocycles. The van der Waals surface area contributed by atoms with Crippen LogP contribution in [0.3, 0.4) is 0 Å². The highest BCUT2D eigenvalue weighted by molar-refractivity contribution is 9.10. The molecule has 0 fully saturated rings. The molecule has 1 aromatic carbocycles. The number of fused-ring (bicyclic) bond motifs is 1. The van der Waals surface area contributed by atoms with E-state index in [2.05, 4.69) is 41.6 Å². The van der Waals surface area contributed by atoms with Gasteiger partial charge in [0.1, 0.15) is 12.3 Å². The first-order chi connectivity index (χ1) is 11.8. The Morgan fingerprint density at radius 3 is 2.36 bits per heavy atom. The summed E-state index contributed by atoms with van der Waals surface area (Å²) in [6, 6.07) is 10.6. The van der Waals surface area contributed by atoms with Gasteiger partial charge >= 0.3 is 12.1 Å². The molecule has 0 aliphatic carbocycles. The first-order valence-corrected chi connectivity index (χ1v) is 8.50. The molecule has 0 saturated heterocycles. The van der Waals surface area contributed by atoms with Gasteiger partial charge in [-0.2, -0.15) is 13.2 Å². The average molecular weight is 478 g/mol. The third-order valence-electron chi connectivity index (χ3n) is 3.37. The van der Waals surface area contributed by atoms with Crippen molar-refractivity contribution >= 4 is 43.5 Å². The van der Waals surface area contributed by atoms with Crippen molar-refractivity contribution in [3.05, 3.63) is 57.2 Å². The Morgan fingerprint density at radius 1 is 1.08 bits per heavy atom. The predicted octanol–water partition coefficient (Wildman–Crippen LogP) is 5.13. The fraction of sp³-hybridized carbons (Fsp3) is 0.125. The number of pyridine rings is 1. The van der Waals surface area contributed by atoms with Crippen LogP contribution >= 0.6 is 31.9 Å². The number of carbonyl (C=O) groups excluding carboxylic acids is 1. The molecule has 3 rings (SSSR count). The van der Waals surface area contributed by atoms with Crippen LogP contribution in [0.15, 0.2) is 51.5 Å². The lowest BCUT2D eigenvalue weighted by molar-refractivity contribution is -0.201. The first kappa shape index (κ1) is 17.9. The third-order valence-corrected chi connectivity index (χ3v) is 4.37. The van der Waals surface area contributed by atoms with Crippen LogP contribution in [-0.2, 0) is 16.1 Å². The van der Waals surface area contributed by atoms with Crippen molar-refractivity contribution in [1.29, 1.82) is 0 Å². The number of alkyl halides is 3. The Labute approximate surface area is 156 Å². The molecule has 0 atom stereocenters. The standard InChI is InChI=1S/C16H9Br2F3N2O2/c17-10-3-1-9(2-4-10)14-12(8-25-15(24)16(19,20)21)23-7-11(18)5-6-13(23)22-14/h1-7H,8H2. The van der Waals surface area contributed by atoms with E-state index in [1.165, 1.54) is 0 Å². The number of halogens is 5. The zero-order valence-electron chi connectivity index (χ0n) is 12.3. The van der Waals surface area contributed by atoms with Crippen molar-refractivity contribution in [2.45, 2.75) is 12.8 Å². The summed E-state index contributed by atoms with van der Waals surface area (Å²) in [5.41, 5.74) is 2.01. The summed E-state index contributed by atoms with van der Waals surface area (Å²) in [5, 5.41) is 0. The van der Waals surface area contributed by atoms with Gasteiger partial charge in [-0.25, -0.2) is 9.78 Å². The molecular weight excluding hydrogens is 469 g/mol. The molecule has 3 aromatic rings. The fourth-order valence-corrected chi connectivity index (χ4v) is 2.86. The topological polar surface area (TPSA) is 43.6 Å². The van der Waals surface area contributed by atoms with E-state index >= 15 is 0 Å². The number of carbonyl (C=O) groups is 1. The molecule has 0 amide bonds. The lowest BCUT2D eigenvalue weighted by atomic mass is 10.1. The number of benzene rings is 1. The van der Waals surface area contributed by atoms with Gasteiger partial charge in [0.25, 0.3) is 0 Å². The molecule has 0 aliphatic heterocycles. The minimum atomic E-state index is -5.04. The van der Waals surface area contributed by atoms with Gasteiger partial charge in [0.2, 0.25) is 0 Å². The van der Waals surface area contributed by atoms with Crippen LogP contribution < -0.4 is 0 Å². The number of esters is 1. The summed E-state index contributed by atoms with van der Waals surface area (Å²) in [7, 11) is 0. The van der Waals surface area contributed by atoms with Crippen LogP contribution in [0.25, 0.3) is 16.9 Å². The lowest BCUT2D eigenvalue weighted by Crippen LogP contribution is -2.25. The lowest BCUT2D eigenvalue weighted by Gasteiger charge is -2.09. The number of hydrogen-bond donors (Lipinski definition) is 0. The van der Waals surface area contributed by atoms with E-state index in [-0.39, 0.29) is 0 Å². The van der Waals surface area contributed by atoms with Crippen molar-refractivity contribution < 1.29 is 22.7 Å². The molecule has 0 saturated carbocycles. The number of aromatic nitrogens is 2. The Bertz CT molecular complexity index is 937. The number of imidazole rings is 1. The maximum atomic E-state index is 12.4. The minimum Gasteiger partial charge on any atom is -0.453 e. The van der Waals surface area contributed by atoms with E-state index in [9.17, 15) is 18.0 Å². The summed E-state index contributed by atoms with van der Waals surface area (Å²) in [6.45, 7) is -0.554. The highest BCUT2D eigenvalue weighted by Gasteiger charge is 2.41. The van der Waals surface area contributed by atoms with E-state index in [4.69, 9.17) is 0 Å². The number of rotatable bonds is 3. The van der Waals surface area contributed by atoms with E-state index in [1.54, 1.807) is 47.0 Å². The number of hydrogen-bond acceptors (Lipinski definition) is 3. The molecule has 25 heavy (non-hydrogen) atoms. The molecule has 0 N–H and O–H groups in total. The minimum absolute atomic E-state index is 0.344. The summed E-state index contributed by atoms with van der Waals surface area (Å²) >= 11 is 6.64. The monoisotopic (exact) mass is 476 g/mol. The molecule has 0 bridgehead atoms. The van der Waals surface area contributed by atoms with Crippen LogP contribution in [0.5, 0.6) is 0 Å². The fourth-order valence-electron chi connectivity index (χ4n) is 2.26. The van der Waals surface area contributed by atoms with Gasteiger partial charge in [-0.1, -0.05) is 28.1 Å². The third kappa shape index (κ3) is 3.87. The van der Waals surface area contributed by atoms with Crippen LogP contribution in [0.4, 0.5) is 13.2 Å². The normalized spacial score (nSPS) is 11.7. The Hall–Kier alpha value is -1.87. The van der Waals surface area contributed by atoms with E-state index in [0.717, 1.165) is 4.47 Å². The molecule has 0 aliphatic rings. The largest absolute Gasteiger partial charge is 0.490 e. The highest BCUT2D eigenvalue weighted by atomic mass is 79.9. The first-order valence-electron chi connectivity index (χ1n) is 6.92. The molecule has 0 radical (unpaired) electrons. The van der Waals surface area contributed by atoms with Crippen molar-refractivity contribution in [1.82, 2.24) is 9.38 Å². The van der Waals surface area contributed by atoms with Gasteiger partial charge in [0.05, 0.1) is 11.4 Å². The zero-order chi connectivity index (χ0) is 18.2. The molecule has 0 unspecified atom stereocenters. The zero-order valence-corrected chi connectivity index (χ0v) is 15.5. The predicted molar refractivity (Wildman–Crippen MR) is 91.9 cm³/mol. The summed E-state index contributed by atoms with van der Waals surface area (Å²) in [4.78, 5) is 15.5. The summed E-state index contributed by atoms with van der Waals surface area (Å²) < 4.78 is 44.8. The average Bonchev–Trinajstić information content (AvgIpc) is 2.90. The van der Waals surface area contributed by atoms with Gasteiger partial charge in [-0.3, -0.25) is 4.40 Å². The molecule has 2 heterocycles. The van der Waals surface area contributed by atoms with Gasteiger partial charge in [0.15, 0.2) is 0 Å². The maximum absolute atomic E-state index is 12.4. The van der Waals surface area contributed by atoms with Gasteiger partial charge in [-0.05, 0) is 40.2 Å². The maximum Gasteiger partial charge on any atom is 0.490 e. The Kier molecular flexibility index (Phi) is 4.88. The Balaban J connectivity index is 2.06. The summed E-state index contributed by atoms with van der Waals surface area (Å²) in [5.74, 6) is -2.24. The number of ether oxygens (including phenoxy) is 1. The summed E-state index contributed by atoms with van der Waals surface area (Å²) in [6.07, 6.45) is -3.39. The second-order valence-corrected chi connectivity index (χ2v) is 6.89.